The molecule has 1 atom stereocenters. The highest BCUT2D eigenvalue weighted by Gasteiger charge is 2.22. The van der Waals surface area contributed by atoms with Crippen LogP contribution in [0.5, 0.6) is 0 Å². The van der Waals surface area contributed by atoms with E-state index in [2.05, 4.69) is 15.5 Å². The van der Waals surface area contributed by atoms with Crippen LogP contribution >= 0.6 is 0 Å². The molecule has 0 bridgehead atoms. The van der Waals surface area contributed by atoms with E-state index in [1.54, 1.807) is 21.1 Å². The maximum Gasteiger partial charge on any atom is 0.317 e. The summed E-state index contributed by atoms with van der Waals surface area (Å²) in [5.74, 6) is 1.23. The molecule has 0 aliphatic rings. The number of carbonyl (C=O) groups is 2. The van der Waals surface area contributed by atoms with E-state index in [9.17, 15) is 9.59 Å². The number of likely N-dealkylation sites (N-methyl/N-ethyl adjacent to an activating group) is 2. The van der Waals surface area contributed by atoms with Gasteiger partial charge in [-0.05, 0) is 6.42 Å². The number of nitrogens with one attached hydrogen (secondary N) is 1. The van der Waals surface area contributed by atoms with Crippen LogP contribution in [-0.2, 0) is 11.2 Å². The highest BCUT2D eigenvalue weighted by molar-refractivity contribution is 5.86. The minimum Gasteiger partial charge on any atom is -0.347 e. The number of rotatable bonds is 7. The number of carbonyl (C=O) groups excluding carboxylic acids is 2. The van der Waals surface area contributed by atoms with Gasteiger partial charge in [-0.25, -0.2) is 4.79 Å². The molecule has 0 saturated heterocycles. The van der Waals surface area contributed by atoms with Crippen molar-refractivity contribution >= 4 is 11.9 Å². The molecule has 1 aromatic heterocycles. The number of nitrogens with zero attached hydrogens (tertiary/aromatic N) is 4. The Balaban J connectivity index is 2.51. The molecule has 0 spiro atoms. The van der Waals surface area contributed by atoms with Crippen molar-refractivity contribution in [1.29, 1.82) is 0 Å². The van der Waals surface area contributed by atoms with Crippen LogP contribution in [0.25, 0.3) is 0 Å². The van der Waals surface area contributed by atoms with Crippen molar-refractivity contribution in [2.24, 2.45) is 0 Å². The van der Waals surface area contributed by atoms with Gasteiger partial charge < -0.3 is 19.6 Å². The largest absolute Gasteiger partial charge is 0.347 e. The van der Waals surface area contributed by atoms with E-state index in [-0.39, 0.29) is 17.9 Å². The number of amides is 3. The Morgan fingerprint density at radius 1 is 1.26 bits per heavy atom. The molecule has 0 aliphatic carbocycles. The Morgan fingerprint density at radius 2 is 1.91 bits per heavy atom. The predicted octanol–water partition coefficient (Wildman–Crippen LogP) is 1.24. The van der Waals surface area contributed by atoms with Crippen molar-refractivity contribution in [3.8, 4) is 0 Å². The first-order valence-corrected chi connectivity index (χ1v) is 7.81. The smallest absolute Gasteiger partial charge is 0.317 e. The standard InChI is InChI=1S/C15H27N5O3/c1-7-11(14(21)19(4)5)16-15(22)20(6)9-8-12-17-13(10(2)3)23-18-12/h10-11H,7-9H2,1-6H3,(H,16,22)/t11-/m1/s1. The molecule has 0 radical (unpaired) electrons. The summed E-state index contributed by atoms with van der Waals surface area (Å²) in [6.07, 6.45) is 1.04. The van der Waals surface area contributed by atoms with Crippen LogP contribution in [0, 0.1) is 0 Å². The summed E-state index contributed by atoms with van der Waals surface area (Å²) in [7, 11) is 5.01. The fourth-order valence-electron chi connectivity index (χ4n) is 1.88. The van der Waals surface area contributed by atoms with Crippen molar-refractivity contribution in [3.05, 3.63) is 11.7 Å². The van der Waals surface area contributed by atoms with E-state index in [1.165, 1.54) is 9.80 Å². The van der Waals surface area contributed by atoms with Gasteiger partial charge in [-0.3, -0.25) is 4.79 Å². The third-order valence-corrected chi connectivity index (χ3v) is 3.44. The molecule has 0 saturated carbocycles. The average molecular weight is 325 g/mol. The zero-order valence-corrected chi connectivity index (χ0v) is 14.8. The molecule has 8 nitrogen and oxygen atoms in total. The van der Waals surface area contributed by atoms with E-state index in [4.69, 9.17) is 4.52 Å². The molecule has 1 heterocycles. The molecule has 1 aromatic rings. The van der Waals surface area contributed by atoms with Gasteiger partial charge in [-0.15, -0.1) is 0 Å². The van der Waals surface area contributed by atoms with Gasteiger partial charge in [-0.2, -0.15) is 4.98 Å². The van der Waals surface area contributed by atoms with Crippen LogP contribution in [0.15, 0.2) is 4.52 Å². The third-order valence-electron chi connectivity index (χ3n) is 3.44. The Bertz CT molecular complexity index is 527. The minimum absolute atomic E-state index is 0.117. The Labute approximate surface area is 137 Å². The maximum absolute atomic E-state index is 12.2. The van der Waals surface area contributed by atoms with Crippen LogP contribution in [0.2, 0.25) is 0 Å². The summed E-state index contributed by atoms with van der Waals surface area (Å²) in [6, 6.07) is -0.808. The van der Waals surface area contributed by atoms with Crippen molar-refractivity contribution in [3.63, 3.8) is 0 Å². The first-order valence-electron chi connectivity index (χ1n) is 7.81. The minimum atomic E-state index is -0.516. The second-order valence-corrected chi connectivity index (χ2v) is 6.02. The zero-order chi connectivity index (χ0) is 17.6. The van der Waals surface area contributed by atoms with E-state index >= 15 is 0 Å². The molecule has 1 N–H and O–H groups in total. The topological polar surface area (TPSA) is 91.6 Å². The van der Waals surface area contributed by atoms with Crippen molar-refractivity contribution in [2.45, 2.75) is 45.6 Å². The normalized spacial score (nSPS) is 12.1. The SMILES string of the molecule is CC[C@@H](NC(=O)N(C)CCc1noc(C(C)C)n1)C(=O)N(C)C. The lowest BCUT2D eigenvalue weighted by Gasteiger charge is -2.24. The van der Waals surface area contributed by atoms with Gasteiger partial charge in [0, 0.05) is 40.0 Å². The molecule has 1 rings (SSSR count). The van der Waals surface area contributed by atoms with Crippen LogP contribution in [0.4, 0.5) is 4.79 Å². The number of hydrogen-bond donors (Lipinski definition) is 1. The van der Waals surface area contributed by atoms with Gasteiger partial charge in [0.05, 0.1) is 0 Å². The molecule has 3 amide bonds. The van der Waals surface area contributed by atoms with Gasteiger partial charge in [-0.1, -0.05) is 25.9 Å². The van der Waals surface area contributed by atoms with Gasteiger partial charge in [0.15, 0.2) is 5.82 Å². The molecule has 0 aliphatic heterocycles. The molecule has 23 heavy (non-hydrogen) atoms. The number of urea groups is 1. The van der Waals surface area contributed by atoms with Gasteiger partial charge in [0.2, 0.25) is 11.8 Å². The van der Waals surface area contributed by atoms with Crippen molar-refractivity contribution in [1.82, 2.24) is 25.3 Å². The fraction of sp³-hybridized carbons (Fsp3) is 0.733. The molecular formula is C15H27N5O3. The first-order chi connectivity index (χ1) is 10.8. The van der Waals surface area contributed by atoms with Crippen LogP contribution < -0.4 is 5.32 Å². The summed E-state index contributed by atoms with van der Waals surface area (Å²) in [6.45, 7) is 6.25. The second kappa shape index (κ2) is 8.50. The summed E-state index contributed by atoms with van der Waals surface area (Å²) in [5.41, 5.74) is 0. The molecule has 8 heteroatoms. The van der Waals surface area contributed by atoms with Crippen molar-refractivity contribution < 1.29 is 14.1 Å². The third kappa shape index (κ3) is 5.54. The Kier molecular flexibility index (Phi) is 6.99. The van der Waals surface area contributed by atoms with E-state index in [0.29, 0.717) is 31.1 Å². The monoisotopic (exact) mass is 325 g/mol. The van der Waals surface area contributed by atoms with Gasteiger partial charge >= 0.3 is 6.03 Å². The lowest BCUT2D eigenvalue weighted by Crippen LogP contribution is -2.50. The van der Waals surface area contributed by atoms with E-state index in [0.717, 1.165) is 0 Å². The van der Waals surface area contributed by atoms with Crippen LogP contribution in [-0.4, -0.2) is 65.6 Å². The molecule has 0 unspecified atom stereocenters. The van der Waals surface area contributed by atoms with Crippen LogP contribution in [0.3, 0.4) is 0 Å². The molecular weight excluding hydrogens is 298 g/mol. The van der Waals surface area contributed by atoms with E-state index < -0.39 is 6.04 Å². The van der Waals surface area contributed by atoms with Crippen LogP contribution in [0.1, 0.15) is 44.8 Å². The summed E-state index contributed by atoms with van der Waals surface area (Å²) >= 11 is 0. The predicted molar refractivity (Wildman–Crippen MR) is 86.0 cm³/mol. The van der Waals surface area contributed by atoms with Gasteiger partial charge in [0.25, 0.3) is 0 Å². The highest BCUT2D eigenvalue weighted by Crippen LogP contribution is 2.11. The molecule has 0 fully saturated rings. The number of hydrogen-bond acceptors (Lipinski definition) is 5. The average Bonchev–Trinajstić information content (AvgIpc) is 2.98. The summed E-state index contributed by atoms with van der Waals surface area (Å²) in [4.78, 5) is 31.3. The lowest BCUT2D eigenvalue weighted by atomic mass is 10.2. The quantitative estimate of drug-likeness (QED) is 0.814. The fourth-order valence-corrected chi connectivity index (χ4v) is 1.88. The summed E-state index contributed by atoms with van der Waals surface area (Å²) in [5, 5.41) is 6.63. The highest BCUT2D eigenvalue weighted by atomic mass is 16.5. The lowest BCUT2D eigenvalue weighted by molar-refractivity contribution is -0.130. The summed E-state index contributed by atoms with van der Waals surface area (Å²) < 4.78 is 5.13. The van der Waals surface area contributed by atoms with E-state index in [1.807, 2.05) is 20.8 Å². The molecule has 0 aromatic carbocycles. The Morgan fingerprint density at radius 3 is 2.39 bits per heavy atom. The van der Waals surface area contributed by atoms with Crippen molar-refractivity contribution in [2.75, 3.05) is 27.7 Å². The number of aromatic nitrogens is 2. The first kappa shape index (κ1) is 18.9. The Hall–Kier alpha value is -2.12. The second-order valence-electron chi connectivity index (χ2n) is 6.02. The maximum atomic E-state index is 12.2. The zero-order valence-electron chi connectivity index (χ0n) is 14.8. The molecule has 130 valence electrons. The van der Waals surface area contributed by atoms with Gasteiger partial charge in [0.1, 0.15) is 6.04 Å².